The fraction of sp³-hybridized carbons (Fsp3) is 0.167. The van der Waals surface area contributed by atoms with E-state index in [2.05, 4.69) is 25.6 Å². The van der Waals surface area contributed by atoms with Crippen LogP contribution in [-0.2, 0) is 9.59 Å². The Kier molecular flexibility index (Phi) is 6.63. The zero-order valence-corrected chi connectivity index (χ0v) is 15.1. The summed E-state index contributed by atoms with van der Waals surface area (Å²) >= 11 is 0. The molecule has 0 aliphatic heterocycles. The number of fused-ring (bicyclic) bond motifs is 1. The highest BCUT2D eigenvalue weighted by Gasteiger charge is 2.15. The fourth-order valence-electron chi connectivity index (χ4n) is 2.29. The molecule has 2 amide bonds. The van der Waals surface area contributed by atoms with Crippen molar-refractivity contribution in [2.75, 3.05) is 5.32 Å². The van der Waals surface area contributed by atoms with Crippen molar-refractivity contribution in [2.45, 2.75) is 19.9 Å². The van der Waals surface area contributed by atoms with E-state index in [9.17, 15) is 19.2 Å². The van der Waals surface area contributed by atoms with Crippen molar-refractivity contribution < 1.29 is 19.5 Å². The number of aromatic carboxylic acids is 1. The maximum Gasteiger partial charge on any atom is 0.341 e. The number of imidazole rings is 1. The first kappa shape index (κ1) is 20.4. The molecule has 10 heteroatoms. The molecule has 1 atom stereocenters. The molecule has 0 aliphatic carbocycles. The molecule has 3 aromatic rings. The van der Waals surface area contributed by atoms with E-state index in [-0.39, 0.29) is 16.9 Å². The Balaban J connectivity index is 0.000000485. The minimum Gasteiger partial charge on any atom is -0.477 e. The van der Waals surface area contributed by atoms with Gasteiger partial charge >= 0.3 is 5.97 Å². The van der Waals surface area contributed by atoms with Gasteiger partial charge in [0.2, 0.25) is 17.2 Å². The van der Waals surface area contributed by atoms with E-state index in [0.29, 0.717) is 11.2 Å². The number of carboxylic acids is 1. The van der Waals surface area contributed by atoms with E-state index in [1.165, 1.54) is 19.9 Å². The molecule has 0 spiro atoms. The average molecular weight is 385 g/mol. The van der Waals surface area contributed by atoms with Crippen LogP contribution in [0.25, 0.3) is 10.9 Å². The molecular weight excluding hydrogens is 366 g/mol. The summed E-state index contributed by atoms with van der Waals surface area (Å²) < 4.78 is 0. The molecule has 0 radical (unpaired) electrons. The number of aromatic amines is 2. The Morgan fingerprint density at radius 2 is 2.00 bits per heavy atom. The minimum absolute atomic E-state index is 0.148. The number of anilines is 1. The van der Waals surface area contributed by atoms with Crippen LogP contribution < -0.4 is 16.1 Å². The third-order valence-corrected chi connectivity index (χ3v) is 3.60. The molecule has 146 valence electrons. The summed E-state index contributed by atoms with van der Waals surface area (Å²) in [5.74, 6) is -2.12. The van der Waals surface area contributed by atoms with Crippen molar-refractivity contribution in [1.29, 1.82) is 0 Å². The highest BCUT2D eigenvalue weighted by Crippen LogP contribution is 2.15. The molecule has 0 bridgehead atoms. The summed E-state index contributed by atoms with van der Waals surface area (Å²) in [5.41, 5.74) is -0.245. The summed E-state index contributed by atoms with van der Waals surface area (Å²) in [4.78, 5) is 55.1. The van der Waals surface area contributed by atoms with E-state index in [0.717, 1.165) is 6.20 Å². The van der Waals surface area contributed by atoms with Crippen molar-refractivity contribution in [1.82, 2.24) is 20.3 Å². The van der Waals surface area contributed by atoms with E-state index >= 15 is 0 Å². The van der Waals surface area contributed by atoms with Crippen molar-refractivity contribution in [2.24, 2.45) is 0 Å². The lowest BCUT2D eigenvalue weighted by Gasteiger charge is -2.13. The van der Waals surface area contributed by atoms with E-state index < -0.39 is 23.3 Å². The second kappa shape index (κ2) is 9.12. The first-order valence-electron chi connectivity index (χ1n) is 8.19. The SMILES string of the molecule is CC(=O)N[C@@H](C)C(=O)Nc1ccc2[nH]cc(C(=O)O)c(=O)c2c1.c1c[nH]cn1. The Morgan fingerprint density at radius 3 is 2.54 bits per heavy atom. The second-order valence-corrected chi connectivity index (χ2v) is 5.77. The molecule has 5 N–H and O–H groups in total. The van der Waals surface area contributed by atoms with Crippen LogP contribution in [0.3, 0.4) is 0 Å². The predicted molar refractivity (Wildman–Crippen MR) is 102 cm³/mol. The smallest absolute Gasteiger partial charge is 0.341 e. The number of nitrogens with zero attached hydrogens (tertiary/aromatic N) is 1. The molecule has 0 saturated heterocycles. The van der Waals surface area contributed by atoms with Crippen molar-refractivity contribution in [3.63, 3.8) is 0 Å². The molecule has 0 aliphatic rings. The Hall–Kier alpha value is -3.95. The van der Waals surface area contributed by atoms with Crippen LogP contribution in [0, 0.1) is 0 Å². The van der Waals surface area contributed by atoms with Gasteiger partial charge in [0.15, 0.2) is 0 Å². The molecule has 0 fully saturated rings. The highest BCUT2D eigenvalue weighted by molar-refractivity contribution is 5.99. The number of benzene rings is 1. The topological polar surface area (TPSA) is 157 Å². The van der Waals surface area contributed by atoms with Gasteiger partial charge in [-0.05, 0) is 25.1 Å². The molecule has 1 aromatic carbocycles. The van der Waals surface area contributed by atoms with Gasteiger partial charge in [-0.1, -0.05) is 0 Å². The molecule has 0 saturated carbocycles. The fourth-order valence-corrected chi connectivity index (χ4v) is 2.29. The number of hydrogen-bond acceptors (Lipinski definition) is 5. The van der Waals surface area contributed by atoms with Gasteiger partial charge in [0.1, 0.15) is 11.6 Å². The molecule has 28 heavy (non-hydrogen) atoms. The largest absolute Gasteiger partial charge is 0.477 e. The van der Waals surface area contributed by atoms with Crippen LogP contribution in [0.5, 0.6) is 0 Å². The number of carbonyl (C=O) groups excluding carboxylic acids is 2. The molecule has 0 unspecified atom stereocenters. The van der Waals surface area contributed by atoms with Crippen LogP contribution in [0.1, 0.15) is 24.2 Å². The Labute approximate surface area is 159 Å². The van der Waals surface area contributed by atoms with Gasteiger partial charge in [-0.15, -0.1) is 0 Å². The number of rotatable bonds is 4. The van der Waals surface area contributed by atoms with Gasteiger partial charge in [-0.25, -0.2) is 9.78 Å². The van der Waals surface area contributed by atoms with E-state index in [4.69, 9.17) is 5.11 Å². The quantitative estimate of drug-likeness (QED) is 0.452. The second-order valence-electron chi connectivity index (χ2n) is 5.77. The van der Waals surface area contributed by atoms with Crippen LogP contribution in [0.15, 0.2) is 47.9 Å². The van der Waals surface area contributed by atoms with Gasteiger partial charge in [0.05, 0.1) is 6.33 Å². The first-order chi connectivity index (χ1) is 13.3. The Morgan fingerprint density at radius 1 is 1.25 bits per heavy atom. The number of carboxylic acid groups (broad SMARTS) is 1. The number of H-pyrrole nitrogens is 2. The number of amides is 2. The normalized spacial score (nSPS) is 11.1. The Bertz CT molecular complexity index is 1020. The van der Waals surface area contributed by atoms with Gasteiger partial charge in [-0.3, -0.25) is 14.4 Å². The highest BCUT2D eigenvalue weighted by atomic mass is 16.4. The monoisotopic (exact) mass is 385 g/mol. The van der Waals surface area contributed by atoms with Crippen molar-refractivity contribution in [3.8, 4) is 0 Å². The van der Waals surface area contributed by atoms with Gasteiger partial charge < -0.3 is 25.7 Å². The number of hydrogen-bond donors (Lipinski definition) is 5. The summed E-state index contributed by atoms with van der Waals surface area (Å²) in [7, 11) is 0. The minimum atomic E-state index is -1.33. The summed E-state index contributed by atoms with van der Waals surface area (Å²) in [6.45, 7) is 2.82. The standard InChI is InChI=1S/C15H15N3O5.C3H4N2/c1-7(17-8(2)19)14(21)18-9-3-4-12-10(5-9)13(20)11(6-16-12)15(22)23;1-2-5-3-4-1/h3-7H,1-2H3,(H,16,20)(H,17,19)(H,18,21)(H,22,23);1-3H,(H,4,5)/t7-;/m0./s1. The average Bonchev–Trinajstić information content (AvgIpc) is 3.21. The molecule has 3 rings (SSSR count). The molecule has 2 aromatic heterocycles. The van der Waals surface area contributed by atoms with Crippen LogP contribution >= 0.6 is 0 Å². The maximum atomic E-state index is 12.1. The zero-order chi connectivity index (χ0) is 20.7. The van der Waals surface area contributed by atoms with E-state index in [1.54, 1.807) is 30.9 Å². The molecule has 10 nitrogen and oxygen atoms in total. The van der Waals surface area contributed by atoms with Crippen molar-refractivity contribution >= 4 is 34.4 Å². The lowest BCUT2D eigenvalue weighted by molar-refractivity contribution is -0.124. The molecular formula is C18H19N5O5. The maximum absolute atomic E-state index is 12.1. The number of carbonyl (C=O) groups is 3. The predicted octanol–water partition coefficient (Wildman–Crippen LogP) is 1.10. The van der Waals surface area contributed by atoms with Gasteiger partial charge in [0.25, 0.3) is 0 Å². The van der Waals surface area contributed by atoms with Gasteiger partial charge in [-0.2, -0.15) is 0 Å². The lowest BCUT2D eigenvalue weighted by Crippen LogP contribution is -2.40. The van der Waals surface area contributed by atoms with Crippen LogP contribution in [0.2, 0.25) is 0 Å². The third-order valence-electron chi connectivity index (χ3n) is 3.60. The zero-order valence-electron chi connectivity index (χ0n) is 15.1. The number of aromatic nitrogens is 3. The van der Waals surface area contributed by atoms with Crippen LogP contribution in [-0.4, -0.2) is 43.9 Å². The summed E-state index contributed by atoms with van der Waals surface area (Å²) in [5, 5.41) is 14.1. The van der Waals surface area contributed by atoms with E-state index in [1.807, 2.05) is 0 Å². The summed E-state index contributed by atoms with van der Waals surface area (Å²) in [6, 6.07) is 3.77. The van der Waals surface area contributed by atoms with Gasteiger partial charge in [0, 0.05) is 42.1 Å². The lowest BCUT2D eigenvalue weighted by atomic mass is 10.1. The first-order valence-corrected chi connectivity index (χ1v) is 8.19. The van der Waals surface area contributed by atoms with Crippen molar-refractivity contribution in [3.05, 3.63) is 58.9 Å². The third kappa shape index (κ3) is 5.27. The van der Waals surface area contributed by atoms with Crippen LogP contribution in [0.4, 0.5) is 5.69 Å². The number of pyridine rings is 1. The molecule has 2 heterocycles. The number of nitrogens with one attached hydrogen (secondary N) is 4. The summed E-state index contributed by atoms with van der Waals surface area (Å²) in [6.07, 6.45) is 6.21.